The van der Waals surface area contributed by atoms with E-state index < -0.39 is 12.1 Å². The van der Waals surface area contributed by atoms with E-state index in [0.29, 0.717) is 10.2 Å². The molecule has 1 unspecified atom stereocenters. The molecule has 0 heterocycles. The van der Waals surface area contributed by atoms with Gasteiger partial charge in [-0.25, -0.2) is 4.79 Å². The fourth-order valence-corrected chi connectivity index (χ4v) is 2.24. The minimum absolute atomic E-state index is 0.151. The van der Waals surface area contributed by atoms with E-state index >= 15 is 0 Å². The van der Waals surface area contributed by atoms with Crippen molar-refractivity contribution in [1.29, 1.82) is 0 Å². The third-order valence-corrected chi connectivity index (χ3v) is 3.26. The molecule has 1 rings (SSSR count). The molecule has 18 heavy (non-hydrogen) atoms. The zero-order valence-electron chi connectivity index (χ0n) is 10.8. The molecule has 0 aliphatic heterocycles. The highest BCUT2D eigenvalue weighted by Gasteiger charge is 2.25. The molecular formula is C13H17BrO4. The van der Waals surface area contributed by atoms with Gasteiger partial charge in [0, 0.05) is 5.56 Å². The van der Waals surface area contributed by atoms with Crippen LogP contribution < -0.4 is 4.74 Å². The first-order chi connectivity index (χ1) is 8.18. The van der Waals surface area contributed by atoms with Gasteiger partial charge in [-0.3, -0.25) is 0 Å². The van der Waals surface area contributed by atoms with E-state index in [0.717, 1.165) is 5.56 Å². The summed E-state index contributed by atoms with van der Waals surface area (Å²) in [6.45, 7) is 6.04. The fourth-order valence-electron chi connectivity index (χ4n) is 1.60. The Balaban J connectivity index is 3.46. The maximum absolute atomic E-state index is 10.9. The summed E-state index contributed by atoms with van der Waals surface area (Å²) in [6, 6.07) is 3.54. The number of aliphatic hydroxyl groups excluding tert-OH is 1. The number of rotatable bonds is 3. The van der Waals surface area contributed by atoms with E-state index in [4.69, 9.17) is 9.84 Å². The molecule has 0 amide bonds. The summed E-state index contributed by atoms with van der Waals surface area (Å²) in [5, 5.41) is 18.6. The van der Waals surface area contributed by atoms with Gasteiger partial charge in [0.05, 0.1) is 11.6 Å². The Morgan fingerprint density at radius 2 is 1.94 bits per heavy atom. The minimum Gasteiger partial charge on any atom is -0.495 e. The number of benzene rings is 1. The summed E-state index contributed by atoms with van der Waals surface area (Å²) in [5.74, 6) is -0.954. The van der Waals surface area contributed by atoms with Gasteiger partial charge in [0.15, 0.2) is 6.10 Å². The molecule has 0 aromatic heterocycles. The van der Waals surface area contributed by atoms with Crippen LogP contribution in [0.1, 0.15) is 38.0 Å². The lowest BCUT2D eigenvalue weighted by atomic mass is 9.85. The van der Waals surface area contributed by atoms with Gasteiger partial charge < -0.3 is 14.9 Å². The van der Waals surface area contributed by atoms with Crippen LogP contribution in [0.3, 0.4) is 0 Å². The molecule has 4 nitrogen and oxygen atoms in total. The molecule has 0 saturated heterocycles. The summed E-state index contributed by atoms with van der Waals surface area (Å²) < 4.78 is 5.78. The molecular weight excluding hydrogens is 300 g/mol. The van der Waals surface area contributed by atoms with Crippen molar-refractivity contribution < 1.29 is 19.7 Å². The molecule has 1 aromatic carbocycles. The van der Waals surface area contributed by atoms with Crippen LogP contribution in [0.5, 0.6) is 5.75 Å². The first kappa shape index (κ1) is 15.0. The molecule has 2 N–H and O–H groups in total. The lowest BCUT2D eigenvalue weighted by molar-refractivity contribution is -0.147. The van der Waals surface area contributed by atoms with E-state index in [2.05, 4.69) is 15.9 Å². The maximum atomic E-state index is 10.9. The predicted octanol–water partition coefficient (Wildman–Crippen LogP) is 2.87. The van der Waals surface area contributed by atoms with Crippen molar-refractivity contribution in [3.63, 3.8) is 0 Å². The van der Waals surface area contributed by atoms with Crippen molar-refractivity contribution >= 4 is 21.9 Å². The van der Waals surface area contributed by atoms with Crippen LogP contribution in [0.2, 0.25) is 0 Å². The van der Waals surface area contributed by atoms with Gasteiger partial charge in [0.25, 0.3) is 0 Å². The second-order valence-corrected chi connectivity index (χ2v) is 5.93. The number of carboxylic acids is 1. The normalized spacial score (nSPS) is 13.2. The Morgan fingerprint density at radius 3 is 2.33 bits per heavy atom. The van der Waals surface area contributed by atoms with Gasteiger partial charge in [0.1, 0.15) is 5.75 Å². The molecule has 5 heteroatoms. The third kappa shape index (κ3) is 3.03. The summed E-state index contributed by atoms with van der Waals surface area (Å²) in [7, 11) is 1.44. The monoisotopic (exact) mass is 316 g/mol. The summed E-state index contributed by atoms with van der Waals surface area (Å²) in [4.78, 5) is 10.9. The van der Waals surface area contributed by atoms with Crippen LogP contribution in [0, 0.1) is 0 Å². The molecule has 0 saturated carbocycles. The number of carbonyl (C=O) groups is 1. The molecule has 100 valence electrons. The number of methoxy groups -OCH3 is 1. The van der Waals surface area contributed by atoms with E-state index in [1.54, 1.807) is 6.07 Å². The largest absolute Gasteiger partial charge is 0.495 e. The molecule has 1 atom stereocenters. The Labute approximate surface area is 115 Å². The van der Waals surface area contributed by atoms with Gasteiger partial charge in [-0.1, -0.05) is 20.8 Å². The second kappa shape index (κ2) is 5.28. The van der Waals surface area contributed by atoms with Gasteiger partial charge >= 0.3 is 5.97 Å². The topological polar surface area (TPSA) is 66.8 Å². The quantitative estimate of drug-likeness (QED) is 0.899. The van der Waals surface area contributed by atoms with Gasteiger partial charge in [-0.05, 0) is 39.0 Å². The number of hydrogen-bond acceptors (Lipinski definition) is 3. The average Bonchev–Trinajstić information content (AvgIpc) is 2.25. The predicted molar refractivity (Wildman–Crippen MR) is 72.0 cm³/mol. The van der Waals surface area contributed by atoms with E-state index in [9.17, 15) is 9.90 Å². The van der Waals surface area contributed by atoms with Crippen molar-refractivity contribution in [2.75, 3.05) is 7.11 Å². The standard InChI is InChI=1S/C13H17BrO4/c1-13(2,3)7-5-8(10(15)12(16)17)11(18-4)9(14)6-7/h5-6,10,15H,1-4H3,(H,16,17). The first-order valence-electron chi connectivity index (χ1n) is 5.47. The molecule has 0 aliphatic carbocycles. The Hall–Kier alpha value is -1.07. The van der Waals surface area contributed by atoms with E-state index in [-0.39, 0.29) is 11.0 Å². The van der Waals surface area contributed by atoms with Crippen molar-refractivity contribution in [1.82, 2.24) is 0 Å². The smallest absolute Gasteiger partial charge is 0.337 e. The van der Waals surface area contributed by atoms with Crippen molar-refractivity contribution in [2.24, 2.45) is 0 Å². The summed E-state index contributed by atoms with van der Waals surface area (Å²) in [6.07, 6.45) is -1.60. The molecule has 0 aliphatic rings. The summed E-state index contributed by atoms with van der Waals surface area (Å²) in [5.41, 5.74) is 1.02. The molecule has 1 aromatic rings. The number of carboxylic acid groups (broad SMARTS) is 1. The molecule has 0 bridgehead atoms. The van der Waals surface area contributed by atoms with Crippen LogP contribution in [0.25, 0.3) is 0 Å². The number of aliphatic hydroxyl groups is 1. The van der Waals surface area contributed by atoms with E-state index in [1.165, 1.54) is 7.11 Å². The van der Waals surface area contributed by atoms with Crippen LogP contribution in [-0.2, 0) is 10.2 Å². The molecule has 0 spiro atoms. The van der Waals surface area contributed by atoms with E-state index in [1.807, 2.05) is 26.8 Å². The van der Waals surface area contributed by atoms with Crippen LogP contribution in [-0.4, -0.2) is 23.3 Å². The van der Waals surface area contributed by atoms with Crippen LogP contribution >= 0.6 is 15.9 Å². The average molecular weight is 317 g/mol. The van der Waals surface area contributed by atoms with Crippen LogP contribution in [0.4, 0.5) is 0 Å². The maximum Gasteiger partial charge on any atom is 0.337 e. The fraction of sp³-hybridized carbons (Fsp3) is 0.462. The van der Waals surface area contributed by atoms with Crippen LogP contribution in [0.15, 0.2) is 16.6 Å². The number of aliphatic carboxylic acids is 1. The highest BCUT2D eigenvalue weighted by molar-refractivity contribution is 9.10. The zero-order valence-corrected chi connectivity index (χ0v) is 12.4. The minimum atomic E-state index is -1.60. The highest BCUT2D eigenvalue weighted by atomic mass is 79.9. The number of ether oxygens (including phenoxy) is 1. The number of halogens is 1. The SMILES string of the molecule is COc1c(Br)cc(C(C)(C)C)cc1C(O)C(=O)O. The highest BCUT2D eigenvalue weighted by Crippen LogP contribution is 2.37. The summed E-state index contributed by atoms with van der Waals surface area (Å²) >= 11 is 3.34. The zero-order chi connectivity index (χ0) is 14.1. The lowest BCUT2D eigenvalue weighted by Crippen LogP contribution is -2.16. The number of hydrogen-bond donors (Lipinski definition) is 2. The van der Waals surface area contributed by atoms with Gasteiger partial charge in [0.2, 0.25) is 0 Å². The third-order valence-electron chi connectivity index (χ3n) is 2.67. The van der Waals surface area contributed by atoms with Crippen molar-refractivity contribution in [3.8, 4) is 5.75 Å². The van der Waals surface area contributed by atoms with Gasteiger partial charge in [-0.15, -0.1) is 0 Å². The Kier molecular flexibility index (Phi) is 4.40. The molecule has 0 radical (unpaired) electrons. The second-order valence-electron chi connectivity index (χ2n) is 5.07. The first-order valence-corrected chi connectivity index (χ1v) is 6.26. The Bertz CT molecular complexity index is 463. The Morgan fingerprint density at radius 1 is 1.39 bits per heavy atom. The van der Waals surface area contributed by atoms with Gasteiger partial charge in [-0.2, -0.15) is 0 Å². The lowest BCUT2D eigenvalue weighted by Gasteiger charge is -2.23. The molecule has 0 fully saturated rings. The van der Waals surface area contributed by atoms with Crippen molar-refractivity contribution in [2.45, 2.75) is 32.3 Å². The van der Waals surface area contributed by atoms with Crippen molar-refractivity contribution in [3.05, 3.63) is 27.7 Å².